The molecule has 0 amide bonds. The Balaban J connectivity index is 1.82. The van der Waals surface area contributed by atoms with Gasteiger partial charge in [-0.05, 0) is 66.8 Å². The lowest BCUT2D eigenvalue weighted by Crippen LogP contribution is -2.75. The van der Waals surface area contributed by atoms with E-state index in [1.54, 1.807) is 41.5 Å². The number of aliphatic hydroxyl groups excluding tert-OH is 3. The summed E-state index contributed by atoms with van der Waals surface area (Å²) < 4.78 is 37.6. The van der Waals surface area contributed by atoms with E-state index in [1.165, 1.54) is 14.0 Å². The van der Waals surface area contributed by atoms with Crippen LogP contribution in [0.15, 0.2) is 0 Å². The maximum absolute atomic E-state index is 14.4. The molecule has 0 aromatic heterocycles. The molecule has 4 fully saturated rings. The lowest BCUT2D eigenvalue weighted by atomic mass is 9.68. The third-order valence-corrected chi connectivity index (χ3v) is 11.9. The van der Waals surface area contributed by atoms with E-state index in [1.807, 2.05) is 20.9 Å². The fraction of sp³-hybridized carbons (Fsp3) is 0.971. The number of esters is 1. The Morgan fingerprint density at radius 3 is 2.19 bits per heavy atom. The molecule has 8 unspecified atom stereocenters. The lowest BCUT2D eigenvalue weighted by molar-refractivity contribution is -0.440. The highest BCUT2D eigenvalue weighted by Crippen LogP contribution is 2.55. The largest absolute Gasteiger partial charge is 0.459 e. The molecule has 13 heteroatoms. The Morgan fingerprint density at radius 1 is 0.958 bits per heavy atom. The average Bonchev–Trinajstić information content (AvgIpc) is 3.01. The van der Waals surface area contributed by atoms with Gasteiger partial charge in [-0.2, -0.15) is 0 Å². The number of carbonyl (C=O) groups excluding carboxylic acids is 1. The molecule has 0 aromatic rings. The van der Waals surface area contributed by atoms with Crippen LogP contribution in [0.25, 0.3) is 0 Å². The minimum absolute atomic E-state index is 0.00389. The summed E-state index contributed by atoms with van der Waals surface area (Å²) >= 11 is 0. The van der Waals surface area contributed by atoms with E-state index >= 15 is 0 Å². The van der Waals surface area contributed by atoms with Crippen molar-refractivity contribution in [1.29, 1.82) is 0 Å². The number of cyclic esters (lactones) is 1. The highest BCUT2D eigenvalue weighted by Gasteiger charge is 2.70. The summed E-state index contributed by atoms with van der Waals surface area (Å²) in [6.07, 6.45) is -6.63. The molecule has 6 N–H and O–H groups in total. The zero-order chi connectivity index (χ0) is 36.1. The van der Waals surface area contributed by atoms with Gasteiger partial charge in [0.1, 0.15) is 23.7 Å². The number of carbonyl (C=O) groups is 1. The Labute approximate surface area is 285 Å². The van der Waals surface area contributed by atoms with E-state index in [2.05, 4.69) is 5.32 Å². The molecule has 0 aromatic carbocycles. The molecule has 4 saturated heterocycles. The van der Waals surface area contributed by atoms with Gasteiger partial charge in [-0.15, -0.1) is 0 Å². The fourth-order valence-corrected chi connectivity index (χ4v) is 8.97. The van der Waals surface area contributed by atoms with Crippen LogP contribution in [-0.2, 0) is 33.2 Å². The predicted molar refractivity (Wildman–Crippen MR) is 175 cm³/mol. The number of hydrogen-bond donors (Lipinski definition) is 6. The molecule has 4 aliphatic rings. The Bertz CT molecular complexity index is 1110. The Kier molecular flexibility index (Phi) is 12.1. The van der Waals surface area contributed by atoms with Crippen molar-refractivity contribution in [3.05, 3.63) is 0 Å². The third-order valence-electron chi connectivity index (χ3n) is 11.9. The smallest absolute Gasteiger partial charge is 0.317 e. The van der Waals surface area contributed by atoms with Crippen molar-refractivity contribution < 1.29 is 58.7 Å². The summed E-state index contributed by atoms with van der Waals surface area (Å²) in [7, 11) is 3.36. The number of rotatable bonds is 5. The summed E-state index contributed by atoms with van der Waals surface area (Å²) in [6.45, 7) is 15.4. The molecular weight excluding hydrogens is 626 g/mol. The minimum atomic E-state index is -1.93. The summed E-state index contributed by atoms with van der Waals surface area (Å²) in [5, 5.41) is 61.1. The molecule has 1 spiro atoms. The van der Waals surface area contributed by atoms with E-state index in [-0.39, 0.29) is 31.4 Å². The van der Waals surface area contributed by atoms with Gasteiger partial charge in [0.25, 0.3) is 0 Å². The molecule has 4 aliphatic heterocycles. The lowest BCUT2D eigenvalue weighted by Gasteiger charge is -2.62. The zero-order valence-corrected chi connectivity index (χ0v) is 30.7. The molecule has 13 nitrogen and oxygen atoms in total. The molecule has 4 rings (SSSR count). The first-order valence-electron chi connectivity index (χ1n) is 17.8. The molecule has 0 bridgehead atoms. The van der Waals surface area contributed by atoms with Gasteiger partial charge >= 0.3 is 5.97 Å². The van der Waals surface area contributed by atoms with Crippen LogP contribution >= 0.6 is 0 Å². The van der Waals surface area contributed by atoms with Crippen LogP contribution in [0.3, 0.4) is 0 Å². The van der Waals surface area contributed by atoms with Gasteiger partial charge in [-0.3, -0.25) is 4.79 Å². The van der Waals surface area contributed by atoms with Crippen LogP contribution in [-0.4, -0.2) is 129 Å². The second-order valence-corrected chi connectivity index (χ2v) is 16.0. The summed E-state index contributed by atoms with van der Waals surface area (Å²) in [5.74, 6) is -5.41. The first-order chi connectivity index (χ1) is 22.2. The molecular formula is C35H63NO12. The molecule has 4 heterocycles. The van der Waals surface area contributed by atoms with Gasteiger partial charge in [-0.25, -0.2) is 0 Å². The van der Waals surface area contributed by atoms with Crippen LogP contribution in [0.2, 0.25) is 0 Å². The number of methoxy groups -OCH3 is 1. The van der Waals surface area contributed by atoms with Crippen molar-refractivity contribution in [2.24, 2.45) is 23.7 Å². The average molecular weight is 690 g/mol. The number of fused-ring (bicyclic) bond motifs is 2. The Morgan fingerprint density at radius 2 is 1.60 bits per heavy atom. The molecule has 0 aliphatic carbocycles. The summed E-state index contributed by atoms with van der Waals surface area (Å²) in [6, 6.07) is 0.126. The van der Waals surface area contributed by atoms with Crippen molar-refractivity contribution in [2.45, 2.75) is 178 Å². The van der Waals surface area contributed by atoms with E-state index in [0.717, 1.165) is 6.42 Å². The van der Waals surface area contributed by atoms with Gasteiger partial charge in [0.2, 0.25) is 0 Å². The minimum Gasteiger partial charge on any atom is -0.459 e. The highest BCUT2D eigenvalue weighted by atomic mass is 16.7. The second kappa shape index (κ2) is 14.6. The van der Waals surface area contributed by atoms with Gasteiger partial charge in [-0.1, -0.05) is 27.7 Å². The predicted octanol–water partition coefficient (Wildman–Crippen LogP) is 1.63. The van der Waals surface area contributed by atoms with E-state index in [4.69, 9.17) is 28.4 Å². The van der Waals surface area contributed by atoms with Crippen molar-refractivity contribution in [1.82, 2.24) is 5.32 Å². The third kappa shape index (κ3) is 7.34. The standard InChI is InChI=1S/C35H63NO12/c1-12-23-34(9,42)28(38)19(4)26(37)17(2)15-32(7,41)30(46-24-14-22(36-10)13-18(3)44-24)20(5)27-25(31(40)45-23)35(48-27)16-33(8,43-11)29(39)21(6)47-35/h17-30,36-39,41-42H,12-16H2,1-11H3/t17-,18?,19+,20+,21?,22?,23-,24?,25-,26+,27+,28-,29?,30?,32+,33?,34-,35?/m1/s1. The number of aliphatic hydroxyl groups is 5. The fourth-order valence-electron chi connectivity index (χ4n) is 8.97. The monoisotopic (exact) mass is 689 g/mol. The van der Waals surface area contributed by atoms with Gasteiger partial charge in [0.05, 0.1) is 47.8 Å². The van der Waals surface area contributed by atoms with Crippen molar-refractivity contribution in [2.75, 3.05) is 14.2 Å². The van der Waals surface area contributed by atoms with Crippen LogP contribution in [0.4, 0.5) is 0 Å². The van der Waals surface area contributed by atoms with Crippen LogP contribution in [0.5, 0.6) is 0 Å². The number of ether oxygens (including phenoxy) is 6. The normalized spacial score (nSPS) is 54.1. The van der Waals surface area contributed by atoms with Crippen LogP contribution in [0.1, 0.15) is 94.4 Å². The summed E-state index contributed by atoms with van der Waals surface area (Å²) in [5.41, 5.74) is -4.65. The van der Waals surface area contributed by atoms with Crippen molar-refractivity contribution in [3.63, 3.8) is 0 Å². The quantitative estimate of drug-likeness (QED) is 0.229. The first kappa shape index (κ1) is 39.8. The Hall–Kier alpha value is -0.970. The maximum atomic E-state index is 14.4. The van der Waals surface area contributed by atoms with Gasteiger partial charge in [0.15, 0.2) is 12.1 Å². The number of hydrogen-bond acceptors (Lipinski definition) is 13. The molecule has 18 atom stereocenters. The topological polar surface area (TPSA) is 186 Å². The molecule has 48 heavy (non-hydrogen) atoms. The first-order valence-corrected chi connectivity index (χ1v) is 17.8. The van der Waals surface area contributed by atoms with Gasteiger partial charge < -0.3 is 59.3 Å². The molecule has 0 saturated carbocycles. The number of nitrogens with one attached hydrogen (secondary N) is 1. The van der Waals surface area contributed by atoms with E-state index < -0.39 is 101 Å². The molecule has 280 valence electrons. The van der Waals surface area contributed by atoms with Crippen LogP contribution in [0, 0.1) is 23.7 Å². The van der Waals surface area contributed by atoms with Crippen molar-refractivity contribution in [3.8, 4) is 0 Å². The van der Waals surface area contributed by atoms with E-state index in [0.29, 0.717) is 6.42 Å². The van der Waals surface area contributed by atoms with Crippen molar-refractivity contribution >= 4 is 5.97 Å². The summed E-state index contributed by atoms with van der Waals surface area (Å²) in [4.78, 5) is 14.4. The maximum Gasteiger partial charge on any atom is 0.317 e. The second-order valence-electron chi connectivity index (χ2n) is 16.0. The van der Waals surface area contributed by atoms with Gasteiger partial charge in [0, 0.05) is 37.8 Å². The molecule has 0 radical (unpaired) electrons. The highest BCUT2D eigenvalue weighted by molar-refractivity contribution is 5.76. The SMILES string of the molecule is CC[C@H]1OC(=O)[C@H]2[C@@H](OC23CC(C)(OC)C(O)C(C)O3)[C@H](C)C(OC2CC(NC)CC(C)O2)[C@@](C)(O)C[C@@H](C)[C@H](O)[C@H](C)[C@@H](O)[C@]1(C)O. The van der Waals surface area contributed by atoms with E-state index in [9.17, 15) is 30.3 Å². The van der Waals surface area contributed by atoms with Crippen LogP contribution < -0.4 is 5.32 Å². The zero-order valence-electron chi connectivity index (χ0n) is 30.7.